The van der Waals surface area contributed by atoms with Crippen molar-refractivity contribution >= 4 is 17.4 Å². The number of rotatable bonds is 1. The molecule has 0 fully saturated rings. The standard InChI is InChI=1S/C6H5N3O4S/c10-4-3(9(12)13)5-8(1-2-14-5)6(11)7-4/h1-2H2,(H,7,10,11). The molecule has 8 heteroatoms. The van der Waals surface area contributed by atoms with Crippen LogP contribution in [0.4, 0.5) is 5.69 Å². The monoisotopic (exact) mass is 215 g/mol. The fourth-order valence-electron chi connectivity index (χ4n) is 1.28. The number of aromatic nitrogens is 2. The van der Waals surface area contributed by atoms with E-state index in [-0.39, 0.29) is 5.03 Å². The van der Waals surface area contributed by atoms with Crippen molar-refractivity contribution in [1.82, 2.24) is 9.55 Å². The number of hydrogen-bond donors (Lipinski definition) is 1. The van der Waals surface area contributed by atoms with Gasteiger partial charge in [0.15, 0.2) is 5.03 Å². The normalized spacial score (nSPS) is 14.0. The molecule has 0 atom stereocenters. The molecule has 0 aliphatic carbocycles. The molecule has 0 aromatic carbocycles. The van der Waals surface area contributed by atoms with E-state index in [4.69, 9.17) is 0 Å². The Labute approximate surface area is 80.9 Å². The highest BCUT2D eigenvalue weighted by Crippen LogP contribution is 2.29. The van der Waals surface area contributed by atoms with Crippen LogP contribution in [0.2, 0.25) is 0 Å². The predicted octanol–water partition coefficient (Wildman–Crippen LogP) is -0.450. The third kappa shape index (κ3) is 1.15. The lowest BCUT2D eigenvalue weighted by Crippen LogP contribution is -2.31. The third-order valence-electron chi connectivity index (χ3n) is 1.86. The van der Waals surface area contributed by atoms with E-state index >= 15 is 0 Å². The van der Waals surface area contributed by atoms with Crippen LogP contribution in [0.5, 0.6) is 0 Å². The maximum atomic E-state index is 11.2. The summed E-state index contributed by atoms with van der Waals surface area (Å²) >= 11 is 1.15. The number of fused-ring (bicyclic) bond motifs is 1. The number of nitro groups is 1. The average molecular weight is 215 g/mol. The second-order valence-corrected chi connectivity index (χ2v) is 3.75. The molecule has 0 bridgehead atoms. The van der Waals surface area contributed by atoms with Crippen LogP contribution in [0, 0.1) is 10.1 Å². The van der Waals surface area contributed by atoms with Gasteiger partial charge >= 0.3 is 16.9 Å². The molecular weight excluding hydrogens is 210 g/mol. The summed E-state index contributed by atoms with van der Waals surface area (Å²) in [6.45, 7) is 0.399. The summed E-state index contributed by atoms with van der Waals surface area (Å²) < 4.78 is 1.21. The van der Waals surface area contributed by atoms with Crippen molar-refractivity contribution < 1.29 is 4.92 Å². The molecule has 0 amide bonds. The minimum Gasteiger partial charge on any atom is -0.281 e. The Kier molecular flexibility index (Phi) is 1.92. The third-order valence-corrected chi connectivity index (χ3v) is 2.94. The van der Waals surface area contributed by atoms with Crippen LogP contribution in [0.25, 0.3) is 0 Å². The zero-order chi connectivity index (χ0) is 10.3. The van der Waals surface area contributed by atoms with Crippen molar-refractivity contribution in [2.24, 2.45) is 0 Å². The first kappa shape index (κ1) is 9.00. The molecule has 2 rings (SSSR count). The van der Waals surface area contributed by atoms with Crippen LogP contribution in [0.15, 0.2) is 14.6 Å². The smallest absolute Gasteiger partial charge is 0.281 e. The number of thioether (sulfide) groups is 1. The number of hydrogen-bond acceptors (Lipinski definition) is 5. The molecule has 0 unspecified atom stereocenters. The van der Waals surface area contributed by atoms with Crippen molar-refractivity contribution in [3.8, 4) is 0 Å². The van der Waals surface area contributed by atoms with Gasteiger partial charge in [-0.2, -0.15) is 0 Å². The van der Waals surface area contributed by atoms with Crippen LogP contribution >= 0.6 is 11.8 Å². The van der Waals surface area contributed by atoms with Crippen molar-refractivity contribution in [2.45, 2.75) is 11.6 Å². The lowest BCUT2D eigenvalue weighted by molar-refractivity contribution is -0.390. The molecule has 0 radical (unpaired) electrons. The molecule has 1 aromatic rings. The van der Waals surface area contributed by atoms with E-state index in [1.54, 1.807) is 0 Å². The van der Waals surface area contributed by atoms with E-state index in [1.807, 2.05) is 4.98 Å². The topological polar surface area (TPSA) is 98.0 Å². The molecule has 1 aromatic heterocycles. The zero-order valence-corrected chi connectivity index (χ0v) is 7.67. The summed E-state index contributed by atoms with van der Waals surface area (Å²) in [7, 11) is 0. The Morgan fingerprint density at radius 1 is 1.50 bits per heavy atom. The van der Waals surface area contributed by atoms with Gasteiger partial charge in [0.1, 0.15) is 0 Å². The maximum Gasteiger partial charge on any atom is 0.364 e. The van der Waals surface area contributed by atoms with Gasteiger partial charge in [-0.25, -0.2) is 4.79 Å². The molecule has 0 saturated carbocycles. The summed E-state index contributed by atoms with van der Waals surface area (Å²) in [6.07, 6.45) is 0. The van der Waals surface area contributed by atoms with Gasteiger partial charge in [-0.15, -0.1) is 0 Å². The molecule has 1 aliphatic heterocycles. The maximum absolute atomic E-state index is 11.2. The van der Waals surface area contributed by atoms with Crippen molar-refractivity contribution in [3.05, 3.63) is 31.0 Å². The largest absolute Gasteiger partial charge is 0.364 e. The van der Waals surface area contributed by atoms with Gasteiger partial charge in [0.2, 0.25) is 0 Å². The van der Waals surface area contributed by atoms with Gasteiger partial charge in [0.05, 0.1) is 4.92 Å². The quantitative estimate of drug-likeness (QED) is 0.388. The van der Waals surface area contributed by atoms with Gasteiger partial charge in [0.25, 0.3) is 0 Å². The highest BCUT2D eigenvalue weighted by atomic mass is 32.2. The minimum absolute atomic E-state index is 0.156. The lowest BCUT2D eigenvalue weighted by Gasteiger charge is -1.99. The Bertz CT molecular complexity index is 517. The summed E-state index contributed by atoms with van der Waals surface area (Å²) in [6, 6.07) is 0. The Morgan fingerprint density at radius 2 is 2.21 bits per heavy atom. The zero-order valence-electron chi connectivity index (χ0n) is 6.85. The highest BCUT2D eigenvalue weighted by molar-refractivity contribution is 7.99. The van der Waals surface area contributed by atoms with Gasteiger partial charge < -0.3 is 0 Å². The number of H-pyrrole nitrogens is 1. The lowest BCUT2D eigenvalue weighted by atomic mass is 10.5. The minimum atomic E-state index is -0.930. The molecule has 7 nitrogen and oxygen atoms in total. The van der Waals surface area contributed by atoms with Gasteiger partial charge in [-0.1, -0.05) is 11.8 Å². The van der Waals surface area contributed by atoms with E-state index in [1.165, 1.54) is 4.57 Å². The number of nitrogens with one attached hydrogen (secondary N) is 1. The molecule has 0 saturated heterocycles. The summed E-state index contributed by atoms with van der Waals surface area (Å²) in [5, 5.41) is 10.7. The SMILES string of the molecule is O=c1[nH]c(=O)n2c(c1[N+](=O)[O-])SCC2. The molecule has 2 heterocycles. The van der Waals surface area contributed by atoms with Crippen molar-refractivity contribution in [2.75, 3.05) is 5.75 Å². The molecule has 14 heavy (non-hydrogen) atoms. The van der Waals surface area contributed by atoms with Crippen molar-refractivity contribution in [1.29, 1.82) is 0 Å². The average Bonchev–Trinajstić information content (AvgIpc) is 2.51. The fourth-order valence-corrected chi connectivity index (χ4v) is 2.39. The van der Waals surface area contributed by atoms with E-state index < -0.39 is 21.9 Å². The summed E-state index contributed by atoms with van der Waals surface area (Å²) in [4.78, 5) is 34.0. The fraction of sp³-hybridized carbons (Fsp3) is 0.333. The summed E-state index contributed by atoms with van der Waals surface area (Å²) in [5.74, 6) is 0.577. The Morgan fingerprint density at radius 3 is 2.86 bits per heavy atom. The molecule has 1 N–H and O–H groups in total. The van der Waals surface area contributed by atoms with E-state index in [2.05, 4.69) is 0 Å². The molecule has 0 spiro atoms. The second kappa shape index (κ2) is 2.98. The highest BCUT2D eigenvalue weighted by Gasteiger charge is 2.27. The second-order valence-electron chi connectivity index (χ2n) is 2.67. The van der Waals surface area contributed by atoms with E-state index in [0.717, 1.165) is 11.8 Å². The van der Waals surface area contributed by atoms with Crippen LogP contribution in [-0.2, 0) is 6.54 Å². The van der Waals surface area contributed by atoms with Crippen LogP contribution < -0.4 is 11.2 Å². The molecule has 1 aliphatic rings. The van der Waals surface area contributed by atoms with E-state index in [0.29, 0.717) is 12.3 Å². The van der Waals surface area contributed by atoms with Crippen LogP contribution in [-0.4, -0.2) is 20.2 Å². The van der Waals surface area contributed by atoms with Crippen LogP contribution in [0.3, 0.4) is 0 Å². The van der Waals surface area contributed by atoms with Gasteiger partial charge in [-0.3, -0.25) is 24.5 Å². The number of aromatic amines is 1. The first-order valence-electron chi connectivity index (χ1n) is 3.75. The first-order chi connectivity index (χ1) is 6.61. The summed E-state index contributed by atoms with van der Waals surface area (Å²) in [5.41, 5.74) is -2.05. The predicted molar refractivity (Wildman–Crippen MR) is 48.7 cm³/mol. The first-order valence-corrected chi connectivity index (χ1v) is 4.74. The molecule has 74 valence electrons. The number of nitrogens with zero attached hydrogens (tertiary/aromatic N) is 2. The Hall–Kier alpha value is -1.57. The van der Waals surface area contributed by atoms with Crippen molar-refractivity contribution in [3.63, 3.8) is 0 Å². The van der Waals surface area contributed by atoms with Gasteiger partial charge in [-0.05, 0) is 0 Å². The van der Waals surface area contributed by atoms with Crippen LogP contribution in [0.1, 0.15) is 0 Å². The van der Waals surface area contributed by atoms with Gasteiger partial charge in [0, 0.05) is 12.3 Å². The molecular formula is C6H5N3O4S. The van der Waals surface area contributed by atoms with E-state index in [9.17, 15) is 19.7 Å². The Balaban J connectivity index is 2.85.